The minimum absolute atomic E-state index is 0.00793. The first-order valence-electron chi connectivity index (χ1n) is 43.5. The van der Waals surface area contributed by atoms with Gasteiger partial charge in [-0.1, -0.05) is 356 Å². The standard InChI is InChI=1S/C89H158O17P2/c1-5-9-13-17-21-25-29-33-37-41-45-49-53-57-61-65-69-73-86(91)99-79-84(105-88(93)75-71-67-63-59-55-51-47-43-39-35-31-27-23-19-15-11-7-3)81-103-107(95,96)101-77-83(90)78-102-108(97,98)104-82-85(106-89(94)76-72-68-64-60-56-52-48-44-40-36-32-28-24-20-16-12-8-4)80-100-87(92)74-70-66-62-58-54-50-46-42-38-34-30-26-22-18-14-10-6-2/h21,23,25,27,33,35,37,39,45,47,49,51,57,59,61,63,83-85,90H,5-20,22,24,26,28-32,34,36,38,40-44,46,48,50,52-56,58,60,62,64-82H2,1-4H3,(H,95,96)(H,97,98)/b25-21-,27-23-,37-33-,39-35-,49-45-,51-47-,61-57-,63-59-/t83-,84-,85-/m1/s1. The number of allylic oxidation sites excluding steroid dienone is 16. The Morgan fingerprint density at radius 1 is 0.259 bits per heavy atom. The molecular weight excluding hydrogens is 1400 g/mol. The predicted molar refractivity (Wildman–Crippen MR) is 446 cm³/mol. The van der Waals surface area contributed by atoms with Crippen LogP contribution >= 0.6 is 15.6 Å². The maximum absolute atomic E-state index is 13.1. The van der Waals surface area contributed by atoms with Crippen molar-refractivity contribution in [2.24, 2.45) is 0 Å². The third-order valence-electron chi connectivity index (χ3n) is 18.6. The predicted octanol–water partition coefficient (Wildman–Crippen LogP) is 25.9. The van der Waals surface area contributed by atoms with Crippen molar-refractivity contribution < 1.29 is 80.2 Å². The largest absolute Gasteiger partial charge is 0.472 e. The first-order valence-corrected chi connectivity index (χ1v) is 46.5. The van der Waals surface area contributed by atoms with Gasteiger partial charge in [-0.05, 0) is 103 Å². The summed E-state index contributed by atoms with van der Waals surface area (Å²) in [6.45, 7) is 4.79. The molecule has 5 atom stereocenters. The van der Waals surface area contributed by atoms with Crippen LogP contribution < -0.4 is 0 Å². The summed E-state index contributed by atoms with van der Waals surface area (Å²) in [6.07, 6.45) is 88.1. The van der Waals surface area contributed by atoms with Gasteiger partial charge in [0.25, 0.3) is 0 Å². The number of aliphatic hydroxyl groups is 1. The van der Waals surface area contributed by atoms with Gasteiger partial charge >= 0.3 is 39.5 Å². The normalized spacial score (nSPS) is 14.2. The number of ether oxygens (including phenoxy) is 4. The Kier molecular flexibility index (Phi) is 78.0. The number of hydrogen-bond acceptors (Lipinski definition) is 15. The zero-order chi connectivity index (χ0) is 78.9. The van der Waals surface area contributed by atoms with Crippen molar-refractivity contribution in [2.75, 3.05) is 39.6 Å². The average Bonchev–Trinajstić information content (AvgIpc) is 0.880. The third-order valence-corrected chi connectivity index (χ3v) is 20.5. The number of carbonyl (C=O) groups is 4. The van der Waals surface area contributed by atoms with Crippen LogP contribution in [0.5, 0.6) is 0 Å². The second kappa shape index (κ2) is 81.0. The highest BCUT2D eigenvalue weighted by Gasteiger charge is 2.30. The van der Waals surface area contributed by atoms with E-state index in [-0.39, 0.29) is 25.7 Å². The van der Waals surface area contributed by atoms with Crippen molar-refractivity contribution in [3.63, 3.8) is 0 Å². The van der Waals surface area contributed by atoms with Crippen LogP contribution in [-0.4, -0.2) is 96.7 Å². The smallest absolute Gasteiger partial charge is 0.462 e. The monoisotopic (exact) mass is 1560 g/mol. The zero-order valence-electron chi connectivity index (χ0n) is 68.8. The molecule has 626 valence electrons. The topological polar surface area (TPSA) is 237 Å². The molecule has 0 aliphatic carbocycles. The number of rotatable bonds is 82. The van der Waals surface area contributed by atoms with Crippen LogP contribution in [0.25, 0.3) is 0 Å². The number of phosphoric ester groups is 2. The molecule has 108 heavy (non-hydrogen) atoms. The Bertz CT molecular complexity index is 2420. The van der Waals surface area contributed by atoms with E-state index in [1.54, 1.807) is 0 Å². The molecule has 2 unspecified atom stereocenters. The maximum atomic E-state index is 13.1. The van der Waals surface area contributed by atoms with Crippen molar-refractivity contribution in [3.8, 4) is 0 Å². The molecule has 0 saturated heterocycles. The molecule has 0 heterocycles. The summed E-state index contributed by atoms with van der Waals surface area (Å²) in [5.41, 5.74) is 0. The molecule has 0 aliphatic rings. The molecular formula is C89H158O17P2. The molecule has 0 aromatic carbocycles. The SMILES string of the molecule is CCCCC/C=C\C/C=C\C/C=C\C/C=C\CCCC(=O)OC[C@H](COP(=O)(O)OC[C@@H](O)COP(=O)(O)OC[C@@H](COC(=O)CCCCCCCCCCCCCCCCCCC)OC(=O)CCCCCCCCCCCCCCCCCCC)OC(=O)CCC/C=C\C/C=C\C/C=C\C/C=C\CCCCC. The number of phosphoric acid groups is 2. The highest BCUT2D eigenvalue weighted by molar-refractivity contribution is 7.47. The quantitative estimate of drug-likeness (QED) is 0.0169. The number of unbranched alkanes of at least 4 members (excludes halogenated alkanes) is 40. The summed E-state index contributed by atoms with van der Waals surface area (Å²) in [4.78, 5) is 73.2. The van der Waals surface area contributed by atoms with Crippen molar-refractivity contribution in [1.82, 2.24) is 0 Å². The lowest BCUT2D eigenvalue weighted by Crippen LogP contribution is -2.30. The second-order valence-electron chi connectivity index (χ2n) is 29.1. The average molecular weight is 1560 g/mol. The summed E-state index contributed by atoms with van der Waals surface area (Å²) in [5.74, 6) is -2.28. The second-order valence-corrected chi connectivity index (χ2v) is 32.0. The van der Waals surface area contributed by atoms with Gasteiger partial charge < -0.3 is 33.8 Å². The number of esters is 4. The molecule has 19 heteroatoms. The van der Waals surface area contributed by atoms with E-state index in [2.05, 4.69) is 101 Å². The molecule has 0 spiro atoms. The Morgan fingerprint density at radius 2 is 0.463 bits per heavy atom. The Morgan fingerprint density at radius 3 is 0.741 bits per heavy atom. The Labute approximate surface area is 658 Å². The van der Waals surface area contributed by atoms with E-state index < -0.39 is 97.5 Å². The van der Waals surface area contributed by atoms with Crippen molar-refractivity contribution in [2.45, 2.75) is 406 Å². The van der Waals surface area contributed by atoms with E-state index in [1.165, 1.54) is 199 Å². The Hall–Kier alpha value is -4.02. The molecule has 3 N–H and O–H groups in total. The molecule has 0 bridgehead atoms. The van der Waals surface area contributed by atoms with Gasteiger partial charge in [-0.15, -0.1) is 0 Å². The fourth-order valence-electron chi connectivity index (χ4n) is 11.9. The molecule has 17 nitrogen and oxygen atoms in total. The summed E-state index contributed by atoms with van der Waals surface area (Å²) >= 11 is 0. The van der Waals surface area contributed by atoms with E-state index >= 15 is 0 Å². The summed E-state index contributed by atoms with van der Waals surface area (Å²) in [5, 5.41) is 10.7. The summed E-state index contributed by atoms with van der Waals surface area (Å²) in [7, 11) is -9.99. The van der Waals surface area contributed by atoms with Gasteiger partial charge in [0.1, 0.15) is 19.3 Å². The van der Waals surface area contributed by atoms with Crippen LogP contribution in [0.1, 0.15) is 387 Å². The lowest BCUT2D eigenvalue weighted by molar-refractivity contribution is -0.161. The number of hydrogen-bond donors (Lipinski definition) is 3. The highest BCUT2D eigenvalue weighted by Crippen LogP contribution is 2.45. The highest BCUT2D eigenvalue weighted by atomic mass is 31.2. The fraction of sp³-hybridized carbons (Fsp3) is 0.775. The first-order chi connectivity index (χ1) is 52.7. The van der Waals surface area contributed by atoms with Gasteiger partial charge in [0, 0.05) is 25.7 Å². The molecule has 0 fully saturated rings. The molecule has 0 amide bonds. The van der Waals surface area contributed by atoms with Crippen LogP contribution in [0.4, 0.5) is 0 Å². The van der Waals surface area contributed by atoms with Crippen molar-refractivity contribution in [1.29, 1.82) is 0 Å². The fourth-order valence-corrected chi connectivity index (χ4v) is 13.5. The van der Waals surface area contributed by atoms with E-state index in [0.717, 1.165) is 96.3 Å². The van der Waals surface area contributed by atoms with Gasteiger partial charge in [0.15, 0.2) is 12.2 Å². The maximum Gasteiger partial charge on any atom is 0.472 e. The third kappa shape index (κ3) is 80.0. The summed E-state index contributed by atoms with van der Waals surface area (Å²) < 4.78 is 68.7. The van der Waals surface area contributed by atoms with Gasteiger partial charge in [0.05, 0.1) is 26.4 Å². The van der Waals surface area contributed by atoms with Crippen LogP contribution in [0, 0.1) is 0 Å². The van der Waals surface area contributed by atoms with Gasteiger partial charge in [-0.2, -0.15) is 0 Å². The van der Waals surface area contributed by atoms with E-state index in [4.69, 9.17) is 37.0 Å². The molecule has 0 aromatic rings. The lowest BCUT2D eigenvalue weighted by Gasteiger charge is -2.21. The summed E-state index contributed by atoms with van der Waals surface area (Å²) in [6, 6.07) is 0. The minimum atomic E-state index is -5.01. The lowest BCUT2D eigenvalue weighted by atomic mass is 10.0. The van der Waals surface area contributed by atoms with Crippen LogP contribution in [-0.2, 0) is 65.4 Å². The molecule has 0 rings (SSSR count). The molecule has 0 saturated carbocycles. The molecule has 0 radical (unpaired) electrons. The van der Waals surface area contributed by atoms with Gasteiger partial charge in [-0.3, -0.25) is 37.3 Å². The van der Waals surface area contributed by atoms with Gasteiger partial charge in [0.2, 0.25) is 0 Å². The van der Waals surface area contributed by atoms with Crippen molar-refractivity contribution >= 4 is 39.5 Å². The van der Waals surface area contributed by atoms with Crippen molar-refractivity contribution in [3.05, 3.63) is 97.2 Å². The first kappa shape index (κ1) is 104. The molecule has 0 aromatic heterocycles. The molecule has 0 aliphatic heterocycles. The zero-order valence-corrected chi connectivity index (χ0v) is 70.6. The minimum Gasteiger partial charge on any atom is -0.462 e. The van der Waals surface area contributed by atoms with E-state index in [1.807, 2.05) is 24.3 Å². The van der Waals surface area contributed by atoms with Gasteiger partial charge in [-0.25, -0.2) is 9.13 Å². The van der Waals surface area contributed by atoms with Crippen LogP contribution in [0.3, 0.4) is 0 Å². The van der Waals surface area contributed by atoms with E-state index in [0.29, 0.717) is 38.5 Å². The number of aliphatic hydroxyl groups excluding tert-OH is 1. The number of carbonyl (C=O) groups excluding carboxylic acids is 4. The van der Waals surface area contributed by atoms with Crippen LogP contribution in [0.15, 0.2) is 97.2 Å². The van der Waals surface area contributed by atoms with E-state index in [9.17, 15) is 43.2 Å². The van der Waals surface area contributed by atoms with Crippen LogP contribution in [0.2, 0.25) is 0 Å². The Balaban J connectivity index is 5.43.